The van der Waals surface area contributed by atoms with Crippen molar-refractivity contribution < 1.29 is 23.9 Å². The first-order valence-corrected chi connectivity index (χ1v) is 13.0. The number of rotatable bonds is 7. The molecule has 0 saturated carbocycles. The average molecular weight is 583 g/mol. The molecule has 5 aromatic carbocycles. The van der Waals surface area contributed by atoms with Crippen molar-refractivity contribution >= 4 is 58.0 Å². The molecule has 7 nitrogen and oxygen atoms in total. The van der Waals surface area contributed by atoms with Gasteiger partial charge < -0.3 is 9.47 Å². The molecule has 202 valence electrons. The van der Waals surface area contributed by atoms with Crippen LogP contribution < -0.4 is 14.9 Å². The lowest BCUT2D eigenvalue weighted by Crippen LogP contribution is -2.18. The zero-order valence-electron chi connectivity index (χ0n) is 21.2. The third-order valence-electron chi connectivity index (χ3n) is 5.96. The molecule has 0 unspecified atom stereocenters. The Labute approximate surface area is 244 Å². The van der Waals surface area contributed by atoms with Crippen molar-refractivity contribution in [3.63, 3.8) is 0 Å². The first kappa shape index (κ1) is 27.6. The van der Waals surface area contributed by atoms with Crippen LogP contribution in [-0.4, -0.2) is 24.1 Å². The Bertz CT molecular complexity index is 1780. The minimum Gasteiger partial charge on any atom is -0.423 e. The molecule has 0 heterocycles. The number of amides is 1. The highest BCUT2D eigenvalue weighted by atomic mass is 35.5. The van der Waals surface area contributed by atoms with E-state index < -0.39 is 17.8 Å². The van der Waals surface area contributed by atoms with Gasteiger partial charge in [0, 0.05) is 27.2 Å². The van der Waals surface area contributed by atoms with E-state index in [0.717, 1.165) is 10.8 Å². The van der Waals surface area contributed by atoms with Crippen LogP contribution in [0.4, 0.5) is 0 Å². The van der Waals surface area contributed by atoms with Crippen LogP contribution in [0.25, 0.3) is 10.8 Å². The highest BCUT2D eigenvalue weighted by molar-refractivity contribution is 6.31. The topological polar surface area (TPSA) is 94.1 Å². The number of carbonyl (C=O) groups is 3. The number of ether oxygens (including phenoxy) is 2. The molecule has 0 radical (unpaired) electrons. The summed E-state index contributed by atoms with van der Waals surface area (Å²) in [7, 11) is 0. The van der Waals surface area contributed by atoms with Gasteiger partial charge in [-0.25, -0.2) is 15.0 Å². The second kappa shape index (κ2) is 12.5. The number of halogens is 2. The van der Waals surface area contributed by atoms with E-state index in [1.807, 2.05) is 30.3 Å². The van der Waals surface area contributed by atoms with Crippen LogP contribution in [0.2, 0.25) is 10.0 Å². The summed E-state index contributed by atoms with van der Waals surface area (Å²) < 4.78 is 11.1. The summed E-state index contributed by atoms with van der Waals surface area (Å²) in [5.74, 6) is -1.53. The lowest BCUT2D eigenvalue weighted by atomic mass is 10.0. The van der Waals surface area contributed by atoms with E-state index in [9.17, 15) is 14.4 Å². The standard InChI is InChI=1S/C32H20Cl2N2O5/c33-24-13-8-21(9-14-24)31(38)40-26-17-12-23(29(18-26)41-32(39)22-10-15-25(34)16-11-22)19-35-36-30(37)28-7-3-5-20-4-1-2-6-27(20)28/h1-19H,(H,36,37). The van der Waals surface area contributed by atoms with E-state index in [1.54, 1.807) is 42.5 Å². The summed E-state index contributed by atoms with van der Waals surface area (Å²) in [4.78, 5) is 38.3. The van der Waals surface area contributed by atoms with Crippen molar-refractivity contribution in [2.45, 2.75) is 0 Å². The van der Waals surface area contributed by atoms with Crippen LogP contribution in [0.15, 0.2) is 114 Å². The predicted octanol–water partition coefficient (Wildman–Crippen LogP) is 7.35. The van der Waals surface area contributed by atoms with Crippen LogP contribution in [0.5, 0.6) is 11.5 Å². The van der Waals surface area contributed by atoms with E-state index in [-0.39, 0.29) is 22.6 Å². The van der Waals surface area contributed by atoms with Gasteiger partial charge in [0.15, 0.2) is 0 Å². The molecule has 0 saturated heterocycles. The van der Waals surface area contributed by atoms with Crippen molar-refractivity contribution in [3.8, 4) is 11.5 Å². The van der Waals surface area contributed by atoms with Crippen LogP contribution in [0.1, 0.15) is 36.6 Å². The van der Waals surface area contributed by atoms with Gasteiger partial charge in [-0.1, -0.05) is 59.6 Å². The van der Waals surface area contributed by atoms with E-state index >= 15 is 0 Å². The lowest BCUT2D eigenvalue weighted by Gasteiger charge is -2.11. The van der Waals surface area contributed by atoms with Crippen molar-refractivity contribution in [1.29, 1.82) is 0 Å². The Morgan fingerprint density at radius 1 is 0.683 bits per heavy atom. The van der Waals surface area contributed by atoms with Crippen LogP contribution in [0.3, 0.4) is 0 Å². The van der Waals surface area contributed by atoms with E-state index in [2.05, 4.69) is 10.5 Å². The number of hydrazone groups is 1. The minimum atomic E-state index is -0.669. The number of nitrogens with one attached hydrogen (secondary N) is 1. The normalized spacial score (nSPS) is 10.9. The van der Waals surface area contributed by atoms with Gasteiger partial charge in [0.1, 0.15) is 11.5 Å². The largest absolute Gasteiger partial charge is 0.423 e. The Kier molecular flexibility index (Phi) is 8.39. The first-order chi connectivity index (χ1) is 19.9. The van der Waals surface area contributed by atoms with Crippen molar-refractivity contribution in [3.05, 3.63) is 141 Å². The number of nitrogens with zero attached hydrogens (tertiary/aromatic N) is 1. The van der Waals surface area contributed by atoms with Crippen LogP contribution in [0, 0.1) is 0 Å². The van der Waals surface area contributed by atoms with Crippen molar-refractivity contribution in [2.75, 3.05) is 0 Å². The lowest BCUT2D eigenvalue weighted by molar-refractivity contribution is 0.0732. The van der Waals surface area contributed by atoms with E-state index in [4.69, 9.17) is 32.7 Å². The molecule has 0 aliphatic heterocycles. The van der Waals surface area contributed by atoms with Gasteiger partial charge in [-0.2, -0.15) is 5.10 Å². The SMILES string of the molecule is O=C(Oc1ccc(C=NNC(=O)c2cccc3ccccc23)c(OC(=O)c2ccc(Cl)cc2)c1)c1ccc(Cl)cc1. The number of hydrogen-bond acceptors (Lipinski definition) is 6. The second-order valence-corrected chi connectivity index (χ2v) is 9.59. The molecule has 9 heteroatoms. The van der Waals surface area contributed by atoms with Gasteiger partial charge in [-0.3, -0.25) is 4.79 Å². The number of benzene rings is 5. The smallest absolute Gasteiger partial charge is 0.343 e. The predicted molar refractivity (Wildman–Crippen MR) is 158 cm³/mol. The molecule has 0 bridgehead atoms. The highest BCUT2D eigenvalue weighted by Crippen LogP contribution is 2.26. The highest BCUT2D eigenvalue weighted by Gasteiger charge is 2.15. The average Bonchev–Trinajstić information content (AvgIpc) is 2.98. The maximum atomic E-state index is 12.9. The minimum absolute atomic E-state index is 0.0505. The molecule has 0 aromatic heterocycles. The van der Waals surface area contributed by atoms with Crippen molar-refractivity contribution in [1.82, 2.24) is 5.43 Å². The Morgan fingerprint density at radius 3 is 1.98 bits per heavy atom. The molecule has 0 aliphatic carbocycles. The molecule has 0 fully saturated rings. The third kappa shape index (κ3) is 6.78. The monoisotopic (exact) mass is 582 g/mol. The summed E-state index contributed by atoms with van der Waals surface area (Å²) in [5.41, 5.74) is 3.85. The van der Waals surface area contributed by atoms with E-state index in [0.29, 0.717) is 21.2 Å². The van der Waals surface area contributed by atoms with Gasteiger partial charge in [0.2, 0.25) is 0 Å². The summed E-state index contributed by atoms with van der Waals surface area (Å²) in [6.45, 7) is 0. The Morgan fingerprint density at radius 2 is 1.29 bits per heavy atom. The summed E-state index contributed by atoms with van der Waals surface area (Å²) in [6.07, 6.45) is 1.33. The summed E-state index contributed by atoms with van der Waals surface area (Å²) in [5, 5.41) is 6.72. The summed E-state index contributed by atoms with van der Waals surface area (Å²) >= 11 is 11.8. The second-order valence-electron chi connectivity index (χ2n) is 8.72. The molecule has 41 heavy (non-hydrogen) atoms. The van der Waals surface area contributed by atoms with Gasteiger partial charge in [-0.15, -0.1) is 0 Å². The van der Waals surface area contributed by atoms with Gasteiger partial charge >= 0.3 is 11.9 Å². The fourth-order valence-electron chi connectivity index (χ4n) is 3.91. The zero-order valence-corrected chi connectivity index (χ0v) is 22.7. The summed E-state index contributed by atoms with van der Waals surface area (Å²) in [6, 6.07) is 29.8. The van der Waals surface area contributed by atoms with E-state index in [1.165, 1.54) is 42.6 Å². The van der Waals surface area contributed by atoms with Gasteiger partial charge in [-0.05, 0) is 77.5 Å². The molecule has 0 aliphatic rings. The van der Waals surface area contributed by atoms with Gasteiger partial charge in [0.05, 0.1) is 17.3 Å². The molecule has 0 spiro atoms. The number of fused-ring (bicyclic) bond motifs is 1. The molecule has 1 N–H and O–H groups in total. The van der Waals surface area contributed by atoms with Crippen molar-refractivity contribution in [2.24, 2.45) is 5.10 Å². The van der Waals surface area contributed by atoms with Crippen LogP contribution in [-0.2, 0) is 0 Å². The molecule has 5 aromatic rings. The quantitative estimate of drug-likeness (QED) is 0.0936. The molecule has 1 amide bonds. The number of esters is 2. The Hall–Kier alpha value is -4.98. The first-order valence-electron chi connectivity index (χ1n) is 12.3. The third-order valence-corrected chi connectivity index (χ3v) is 6.47. The molecule has 5 rings (SSSR count). The molecule has 0 atom stereocenters. The number of hydrogen-bond donors (Lipinski definition) is 1. The fourth-order valence-corrected chi connectivity index (χ4v) is 4.17. The number of carbonyl (C=O) groups excluding carboxylic acids is 3. The maximum Gasteiger partial charge on any atom is 0.343 e. The van der Waals surface area contributed by atoms with Gasteiger partial charge in [0.25, 0.3) is 5.91 Å². The fraction of sp³-hybridized carbons (Fsp3) is 0. The molecular weight excluding hydrogens is 563 g/mol. The maximum absolute atomic E-state index is 12.9. The zero-order chi connectivity index (χ0) is 28.8. The molecular formula is C32H20Cl2N2O5. The van der Waals surface area contributed by atoms with Crippen LogP contribution >= 0.6 is 23.2 Å². The Balaban J connectivity index is 1.39.